The molecule has 0 saturated heterocycles. The van der Waals surface area contributed by atoms with Crippen LogP contribution in [0.1, 0.15) is 30.7 Å². The molecule has 3 nitrogen and oxygen atoms in total. The molecule has 0 amide bonds. The zero-order valence-corrected chi connectivity index (χ0v) is 11.4. The molecule has 1 N–H and O–H groups in total. The minimum absolute atomic E-state index is 0.757. The molecule has 0 aliphatic rings. The fourth-order valence-electron chi connectivity index (χ4n) is 1.60. The van der Waals surface area contributed by atoms with Gasteiger partial charge in [0.25, 0.3) is 0 Å². The summed E-state index contributed by atoms with van der Waals surface area (Å²) in [7, 11) is 1.92. The average Bonchev–Trinajstić information content (AvgIpc) is 2.49. The predicted molar refractivity (Wildman–Crippen MR) is 69.2 cm³/mol. The molecule has 1 rings (SSSR count). The molecule has 0 bridgehead atoms. The van der Waals surface area contributed by atoms with E-state index < -0.39 is 0 Å². The highest BCUT2D eigenvalue weighted by Gasteiger charge is 2.09. The summed E-state index contributed by atoms with van der Waals surface area (Å²) in [4.78, 5) is 0. The standard InChI is InChI=1S/C11H19Cl2N3/c1-9-11(13)10(16(2)15-9)8-14-7-5-3-4-6-12/h14H,3-8H2,1-2H3. The first kappa shape index (κ1) is 13.8. The normalized spacial score (nSPS) is 11.0. The van der Waals surface area contributed by atoms with E-state index in [1.165, 1.54) is 6.42 Å². The van der Waals surface area contributed by atoms with Gasteiger partial charge in [-0.2, -0.15) is 5.10 Å². The molecule has 16 heavy (non-hydrogen) atoms. The number of aryl methyl sites for hydroxylation is 2. The van der Waals surface area contributed by atoms with Crippen LogP contribution in [-0.4, -0.2) is 22.2 Å². The third kappa shape index (κ3) is 3.96. The minimum Gasteiger partial charge on any atom is -0.311 e. The molecule has 1 aromatic rings. The van der Waals surface area contributed by atoms with Gasteiger partial charge in [-0.05, 0) is 26.3 Å². The summed E-state index contributed by atoms with van der Waals surface area (Å²) < 4.78 is 1.84. The molecule has 0 spiro atoms. The van der Waals surface area contributed by atoms with Crippen molar-refractivity contribution in [3.63, 3.8) is 0 Å². The maximum Gasteiger partial charge on any atom is 0.0860 e. The van der Waals surface area contributed by atoms with E-state index in [1.807, 2.05) is 18.7 Å². The van der Waals surface area contributed by atoms with Crippen molar-refractivity contribution in [2.45, 2.75) is 32.7 Å². The third-order valence-electron chi connectivity index (χ3n) is 2.54. The number of alkyl halides is 1. The first-order chi connectivity index (χ1) is 7.66. The lowest BCUT2D eigenvalue weighted by Gasteiger charge is -2.05. The van der Waals surface area contributed by atoms with Crippen LogP contribution in [0.4, 0.5) is 0 Å². The Labute approximate surface area is 107 Å². The monoisotopic (exact) mass is 263 g/mol. The van der Waals surface area contributed by atoms with E-state index in [4.69, 9.17) is 23.2 Å². The fraction of sp³-hybridized carbons (Fsp3) is 0.727. The van der Waals surface area contributed by atoms with Crippen molar-refractivity contribution in [1.82, 2.24) is 15.1 Å². The van der Waals surface area contributed by atoms with E-state index in [2.05, 4.69) is 10.4 Å². The Kier molecular flexibility index (Phi) is 6.17. The Bertz CT molecular complexity index is 323. The van der Waals surface area contributed by atoms with Gasteiger partial charge in [-0.1, -0.05) is 18.0 Å². The van der Waals surface area contributed by atoms with Crippen molar-refractivity contribution in [3.8, 4) is 0 Å². The second kappa shape index (κ2) is 7.15. The Hall–Kier alpha value is -0.250. The lowest BCUT2D eigenvalue weighted by atomic mass is 10.2. The van der Waals surface area contributed by atoms with Crippen molar-refractivity contribution in [2.75, 3.05) is 12.4 Å². The van der Waals surface area contributed by atoms with Gasteiger partial charge in [-0.3, -0.25) is 4.68 Å². The molecule has 0 atom stereocenters. The van der Waals surface area contributed by atoms with Gasteiger partial charge in [-0.25, -0.2) is 0 Å². The molecule has 5 heteroatoms. The van der Waals surface area contributed by atoms with Crippen LogP contribution in [0.2, 0.25) is 5.02 Å². The lowest BCUT2D eigenvalue weighted by Crippen LogP contribution is -2.17. The lowest BCUT2D eigenvalue weighted by molar-refractivity contribution is 0.589. The zero-order chi connectivity index (χ0) is 12.0. The summed E-state index contributed by atoms with van der Waals surface area (Å²) in [5.41, 5.74) is 1.94. The molecule has 1 heterocycles. The molecule has 0 unspecified atom stereocenters. The highest BCUT2D eigenvalue weighted by atomic mass is 35.5. The van der Waals surface area contributed by atoms with E-state index in [9.17, 15) is 0 Å². The van der Waals surface area contributed by atoms with Crippen LogP contribution in [0, 0.1) is 6.92 Å². The van der Waals surface area contributed by atoms with Crippen molar-refractivity contribution in [1.29, 1.82) is 0 Å². The van der Waals surface area contributed by atoms with Crippen LogP contribution in [0.3, 0.4) is 0 Å². The third-order valence-corrected chi connectivity index (χ3v) is 3.30. The van der Waals surface area contributed by atoms with Gasteiger partial charge in [0.2, 0.25) is 0 Å². The van der Waals surface area contributed by atoms with Gasteiger partial charge >= 0.3 is 0 Å². The number of hydrogen-bond acceptors (Lipinski definition) is 2. The second-order valence-electron chi connectivity index (χ2n) is 3.90. The van der Waals surface area contributed by atoms with Crippen LogP contribution in [0.25, 0.3) is 0 Å². The van der Waals surface area contributed by atoms with Gasteiger partial charge in [0, 0.05) is 19.5 Å². The summed E-state index contributed by atoms with van der Waals surface area (Å²) in [6.45, 7) is 3.70. The van der Waals surface area contributed by atoms with E-state index in [0.29, 0.717) is 0 Å². The first-order valence-corrected chi connectivity index (χ1v) is 6.52. The first-order valence-electron chi connectivity index (χ1n) is 5.61. The molecule has 1 aromatic heterocycles. The molecule has 92 valence electrons. The maximum atomic E-state index is 6.14. The smallest absolute Gasteiger partial charge is 0.0860 e. The minimum atomic E-state index is 0.757. The topological polar surface area (TPSA) is 29.9 Å². The summed E-state index contributed by atoms with van der Waals surface area (Å²) in [5.74, 6) is 0.757. The zero-order valence-electron chi connectivity index (χ0n) is 9.89. The van der Waals surface area contributed by atoms with Crippen LogP contribution < -0.4 is 5.32 Å². The van der Waals surface area contributed by atoms with E-state index in [0.717, 1.165) is 48.2 Å². The summed E-state index contributed by atoms with van der Waals surface area (Å²) in [5, 5.41) is 8.41. The molecule has 0 aromatic carbocycles. The molecule has 0 saturated carbocycles. The Morgan fingerprint density at radius 2 is 2.06 bits per heavy atom. The molecule has 0 aliphatic heterocycles. The largest absolute Gasteiger partial charge is 0.311 e. The van der Waals surface area contributed by atoms with E-state index in [1.54, 1.807) is 0 Å². The summed E-state index contributed by atoms with van der Waals surface area (Å²) >= 11 is 11.7. The number of rotatable bonds is 7. The number of aromatic nitrogens is 2. The summed E-state index contributed by atoms with van der Waals surface area (Å²) in [6.07, 6.45) is 3.42. The number of hydrogen-bond donors (Lipinski definition) is 1. The van der Waals surface area contributed by atoms with E-state index >= 15 is 0 Å². The van der Waals surface area contributed by atoms with Gasteiger partial charge in [0.15, 0.2) is 0 Å². The highest BCUT2D eigenvalue weighted by molar-refractivity contribution is 6.31. The molecular weight excluding hydrogens is 245 g/mol. The van der Waals surface area contributed by atoms with E-state index in [-0.39, 0.29) is 0 Å². The Morgan fingerprint density at radius 3 is 2.62 bits per heavy atom. The van der Waals surface area contributed by atoms with Crippen LogP contribution in [0.5, 0.6) is 0 Å². The van der Waals surface area contributed by atoms with Gasteiger partial charge in [0.1, 0.15) is 0 Å². The second-order valence-corrected chi connectivity index (χ2v) is 4.65. The van der Waals surface area contributed by atoms with Crippen molar-refractivity contribution < 1.29 is 0 Å². The summed E-state index contributed by atoms with van der Waals surface area (Å²) in [6, 6.07) is 0. The van der Waals surface area contributed by atoms with Crippen LogP contribution in [-0.2, 0) is 13.6 Å². The number of halogens is 2. The molecule has 0 fully saturated rings. The van der Waals surface area contributed by atoms with Gasteiger partial charge < -0.3 is 5.32 Å². The average molecular weight is 264 g/mol. The number of unbranched alkanes of at least 4 members (excludes halogenated alkanes) is 2. The SMILES string of the molecule is Cc1nn(C)c(CNCCCCCCl)c1Cl. The maximum absolute atomic E-state index is 6.14. The van der Waals surface area contributed by atoms with Gasteiger partial charge in [0.05, 0.1) is 16.4 Å². The van der Waals surface area contributed by atoms with Gasteiger partial charge in [-0.15, -0.1) is 11.6 Å². The fourth-order valence-corrected chi connectivity index (χ4v) is 2.02. The molecule has 0 radical (unpaired) electrons. The highest BCUT2D eigenvalue weighted by Crippen LogP contribution is 2.18. The van der Waals surface area contributed by atoms with Crippen molar-refractivity contribution >= 4 is 23.2 Å². The van der Waals surface area contributed by atoms with Crippen LogP contribution in [0.15, 0.2) is 0 Å². The van der Waals surface area contributed by atoms with Crippen LogP contribution >= 0.6 is 23.2 Å². The number of nitrogens with zero attached hydrogens (tertiary/aromatic N) is 2. The number of nitrogens with one attached hydrogen (secondary N) is 1. The Morgan fingerprint density at radius 1 is 1.31 bits per heavy atom. The Balaban J connectivity index is 2.26. The molecule has 0 aliphatic carbocycles. The quantitative estimate of drug-likeness (QED) is 0.606. The predicted octanol–water partition coefficient (Wildman–Crippen LogP) is 2.88. The van der Waals surface area contributed by atoms with Crippen molar-refractivity contribution in [3.05, 3.63) is 16.4 Å². The van der Waals surface area contributed by atoms with Crippen molar-refractivity contribution in [2.24, 2.45) is 7.05 Å². The molecular formula is C11H19Cl2N3.